The molecule has 0 amide bonds. The molecule has 0 aliphatic carbocycles. The third-order valence-corrected chi connectivity index (χ3v) is 2.28. The van der Waals surface area contributed by atoms with Gasteiger partial charge in [-0.3, -0.25) is 4.98 Å². The SMILES string of the molecule is NC(=S)Nc1nc(-c2ccccn2)cc(C(F)(F)F)n1. The third kappa shape index (κ3) is 3.38. The van der Waals surface area contributed by atoms with E-state index in [0.717, 1.165) is 6.07 Å². The van der Waals surface area contributed by atoms with Crippen LogP contribution in [0, 0.1) is 0 Å². The van der Waals surface area contributed by atoms with Crippen molar-refractivity contribution < 1.29 is 13.2 Å². The van der Waals surface area contributed by atoms with Crippen LogP contribution in [-0.2, 0) is 6.18 Å². The van der Waals surface area contributed by atoms with Crippen molar-refractivity contribution in [3.8, 4) is 11.4 Å². The zero-order chi connectivity index (χ0) is 14.8. The summed E-state index contributed by atoms with van der Waals surface area (Å²) in [6.45, 7) is 0. The minimum atomic E-state index is -4.61. The van der Waals surface area contributed by atoms with Gasteiger partial charge in [0.05, 0.1) is 11.4 Å². The van der Waals surface area contributed by atoms with Crippen molar-refractivity contribution in [1.82, 2.24) is 15.0 Å². The van der Waals surface area contributed by atoms with E-state index in [1.807, 2.05) is 0 Å². The number of nitrogens with one attached hydrogen (secondary N) is 1. The van der Waals surface area contributed by atoms with E-state index in [0.29, 0.717) is 0 Å². The van der Waals surface area contributed by atoms with Gasteiger partial charge in [0, 0.05) is 6.20 Å². The number of anilines is 1. The van der Waals surface area contributed by atoms with Crippen LogP contribution in [0.2, 0.25) is 0 Å². The molecule has 0 radical (unpaired) electrons. The Hall–Kier alpha value is -2.29. The van der Waals surface area contributed by atoms with Crippen molar-refractivity contribution in [2.75, 3.05) is 5.32 Å². The van der Waals surface area contributed by atoms with Gasteiger partial charge in [0.15, 0.2) is 10.8 Å². The first-order valence-electron chi connectivity index (χ1n) is 5.30. The average molecular weight is 299 g/mol. The van der Waals surface area contributed by atoms with E-state index in [-0.39, 0.29) is 22.4 Å². The first-order chi connectivity index (χ1) is 9.36. The zero-order valence-corrected chi connectivity index (χ0v) is 10.7. The number of pyridine rings is 1. The predicted molar refractivity (Wildman–Crippen MR) is 70.7 cm³/mol. The Labute approximate surface area is 117 Å². The molecule has 0 saturated heterocycles. The molecule has 9 heteroatoms. The number of alkyl halides is 3. The molecular formula is C11H8F3N5S. The van der Waals surface area contributed by atoms with E-state index >= 15 is 0 Å². The summed E-state index contributed by atoms with van der Waals surface area (Å²) in [6.07, 6.45) is -3.16. The van der Waals surface area contributed by atoms with Gasteiger partial charge in [0.25, 0.3) is 0 Å². The molecule has 20 heavy (non-hydrogen) atoms. The highest BCUT2D eigenvalue weighted by molar-refractivity contribution is 7.80. The molecule has 2 aromatic heterocycles. The fourth-order valence-corrected chi connectivity index (χ4v) is 1.50. The van der Waals surface area contributed by atoms with Crippen LogP contribution in [0.25, 0.3) is 11.4 Å². The van der Waals surface area contributed by atoms with Gasteiger partial charge in [-0.05, 0) is 30.4 Å². The van der Waals surface area contributed by atoms with Gasteiger partial charge < -0.3 is 11.1 Å². The predicted octanol–water partition coefficient (Wildman–Crippen LogP) is 2.21. The summed E-state index contributed by atoms with van der Waals surface area (Å²) >= 11 is 4.56. The van der Waals surface area contributed by atoms with Crippen LogP contribution in [0.4, 0.5) is 19.1 Å². The summed E-state index contributed by atoms with van der Waals surface area (Å²) in [5.74, 6) is -0.326. The van der Waals surface area contributed by atoms with Crippen LogP contribution in [-0.4, -0.2) is 20.1 Å². The molecule has 2 rings (SSSR count). The molecule has 0 aliphatic heterocycles. The van der Waals surface area contributed by atoms with Gasteiger partial charge in [-0.25, -0.2) is 9.97 Å². The number of thiocarbonyl (C=S) groups is 1. The van der Waals surface area contributed by atoms with E-state index in [1.54, 1.807) is 12.1 Å². The van der Waals surface area contributed by atoms with E-state index in [9.17, 15) is 13.2 Å². The highest BCUT2D eigenvalue weighted by Crippen LogP contribution is 2.30. The molecular weight excluding hydrogens is 291 g/mol. The summed E-state index contributed by atoms with van der Waals surface area (Å²) in [4.78, 5) is 11.2. The lowest BCUT2D eigenvalue weighted by molar-refractivity contribution is -0.141. The summed E-state index contributed by atoms with van der Waals surface area (Å²) in [5, 5.41) is 2.06. The smallest absolute Gasteiger partial charge is 0.376 e. The second-order valence-electron chi connectivity index (χ2n) is 3.66. The fourth-order valence-electron chi connectivity index (χ4n) is 1.40. The first-order valence-corrected chi connectivity index (χ1v) is 5.71. The molecule has 5 nitrogen and oxygen atoms in total. The largest absolute Gasteiger partial charge is 0.433 e. The molecule has 0 aliphatic rings. The van der Waals surface area contributed by atoms with E-state index in [4.69, 9.17) is 5.73 Å². The van der Waals surface area contributed by atoms with E-state index in [2.05, 4.69) is 32.5 Å². The second kappa shape index (κ2) is 5.37. The van der Waals surface area contributed by atoms with Crippen LogP contribution in [0.1, 0.15) is 5.69 Å². The Morgan fingerprint density at radius 3 is 2.50 bits per heavy atom. The molecule has 104 valence electrons. The Morgan fingerprint density at radius 2 is 1.95 bits per heavy atom. The fraction of sp³-hybridized carbons (Fsp3) is 0.0909. The Bertz CT molecular complexity index is 630. The highest BCUT2D eigenvalue weighted by atomic mass is 32.1. The molecule has 0 spiro atoms. The number of halogens is 3. The summed E-state index contributed by atoms with van der Waals surface area (Å²) in [7, 11) is 0. The molecule has 2 heterocycles. The van der Waals surface area contributed by atoms with Crippen LogP contribution >= 0.6 is 12.2 Å². The molecule has 0 bridgehead atoms. The van der Waals surface area contributed by atoms with Crippen molar-refractivity contribution in [3.63, 3.8) is 0 Å². The molecule has 3 N–H and O–H groups in total. The van der Waals surface area contributed by atoms with Gasteiger partial charge in [0.1, 0.15) is 0 Å². The monoisotopic (exact) mass is 299 g/mol. The van der Waals surface area contributed by atoms with Gasteiger partial charge in [-0.15, -0.1) is 0 Å². The average Bonchev–Trinajstić information content (AvgIpc) is 2.37. The van der Waals surface area contributed by atoms with Crippen molar-refractivity contribution in [1.29, 1.82) is 0 Å². The normalized spacial score (nSPS) is 11.2. The lowest BCUT2D eigenvalue weighted by atomic mass is 10.2. The maximum Gasteiger partial charge on any atom is 0.433 e. The molecule has 0 aromatic carbocycles. The van der Waals surface area contributed by atoms with E-state index in [1.165, 1.54) is 12.3 Å². The number of nitrogens with two attached hydrogens (primary N) is 1. The van der Waals surface area contributed by atoms with Crippen molar-refractivity contribution >= 4 is 23.3 Å². The van der Waals surface area contributed by atoms with Crippen LogP contribution in [0.15, 0.2) is 30.5 Å². The van der Waals surface area contributed by atoms with Crippen molar-refractivity contribution in [2.24, 2.45) is 5.73 Å². The van der Waals surface area contributed by atoms with Gasteiger partial charge in [0.2, 0.25) is 5.95 Å². The van der Waals surface area contributed by atoms with Gasteiger partial charge in [-0.2, -0.15) is 13.2 Å². The quantitative estimate of drug-likeness (QED) is 0.828. The van der Waals surface area contributed by atoms with Crippen LogP contribution < -0.4 is 11.1 Å². The molecule has 0 atom stereocenters. The Kier molecular flexibility index (Phi) is 3.79. The maximum atomic E-state index is 12.8. The lowest BCUT2D eigenvalue weighted by Crippen LogP contribution is -2.22. The number of rotatable bonds is 2. The van der Waals surface area contributed by atoms with Gasteiger partial charge in [-0.1, -0.05) is 6.07 Å². The molecule has 0 saturated carbocycles. The Balaban J connectivity index is 2.54. The van der Waals surface area contributed by atoms with E-state index < -0.39 is 11.9 Å². The molecule has 0 fully saturated rings. The number of aromatic nitrogens is 3. The zero-order valence-electron chi connectivity index (χ0n) is 9.85. The molecule has 2 aromatic rings. The number of hydrogen-bond donors (Lipinski definition) is 2. The topological polar surface area (TPSA) is 76.7 Å². The third-order valence-electron chi connectivity index (χ3n) is 2.18. The van der Waals surface area contributed by atoms with Gasteiger partial charge >= 0.3 is 6.18 Å². The van der Waals surface area contributed by atoms with Crippen molar-refractivity contribution in [2.45, 2.75) is 6.18 Å². The summed E-state index contributed by atoms with van der Waals surface area (Å²) in [5.41, 5.74) is 4.41. The highest BCUT2D eigenvalue weighted by Gasteiger charge is 2.34. The minimum Gasteiger partial charge on any atom is -0.376 e. The maximum absolute atomic E-state index is 12.8. The van der Waals surface area contributed by atoms with Crippen LogP contribution in [0.5, 0.6) is 0 Å². The van der Waals surface area contributed by atoms with Crippen molar-refractivity contribution in [3.05, 3.63) is 36.2 Å². The minimum absolute atomic E-state index is 0.0201. The number of hydrogen-bond acceptors (Lipinski definition) is 4. The standard InChI is InChI=1S/C11H8F3N5S/c12-11(13,14)8-5-7(6-3-1-2-4-16-6)17-10(18-8)19-9(15)20/h1-5H,(H3,15,17,18,19,20). The second-order valence-corrected chi connectivity index (χ2v) is 4.10. The Morgan fingerprint density at radius 1 is 1.20 bits per heavy atom. The molecule has 0 unspecified atom stereocenters. The first kappa shape index (κ1) is 14.1. The number of nitrogens with zero attached hydrogens (tertiary/aromatic N) is 3. The lowest BCUT2D eigenvalue weighted by Gasteiger charge is -2.10. The van der Waals surface area contributed by atoms with Crippen LogP contribution in [0.3, 0.4) is 0 Å². The summed E-state index contributed by atoms with van der Waals surface area (Å²) < 4.78 is 38.4. The summed E-state index contributed by atoms with van der Waals surface area (Å²) in [6, 6.07) is 5.63.